The molecule has 1 aromatic rings. The minimum atomic E-state index is -4.53. The Morgan fingerprint density at radius 2 is 2.00 bits per heavy atom. The Morgan fingerprint density at radius 1 is 1.35 bits per heavy atom. The van der Waals surface area contributed by atoms with Crippen LogP contribution in [0.25, 0.3) is 0 Å². The van der Waals surface area contributed by atoms with Crippen LogP contribution in [-0.2, 0) is 6.18 Å². The van der Waals surface area contributed by atoms with Crippen molar-refractivity contribution in [2.45, 2.75) is 25.6 Å². The van der Waals surface area contributed by atoms with Crippen molar-refractivity contribution in [2.24, 2.45) is 0 Å². The van der Waals surface area contributed by atoms with E-state index in [1.54, 1.807) is 6.92 Å². The summed E-state index contributed by atoms with van der Waals surface area (Å²) in [6, 6.07) is 2.32. The van der Waals surface area contributed by atoms with Crippen LogP contribution >= 0.6 is 11.6 Å². The summed E-state index contributed by atoms with van der Waals surface area (Å²) in [5.74, 6) is -0.516. The van der Waals surface area contributed by atoms with Gasteiger partial charge in [0, 0.05) is 11.9 Å². The summed E-state index contributed by atoms with van der Waals surface area (Å²) in [4.78, 5) is 0. The van der Waals surface area contributed by atoms with Gasteiger partial charge in [-0.1, -0.05) is 0 Å². The molecule has 1 N–H and O–H groups in total. The van der Waals surface area contributed by atoms with Gasteiger partial charge in [0.25, 0.3) is 0 Å². The molecule has 0 aliphatic heterocycles. The van der Waals surface area contributed by atoms with E-state index < -0.39 is 17.6 Å². The number of hydrogen-bond donors (Lipinski definition) is 1. The van der Waals surface area contributed by atoms with Crippen molar-refractivity contribution in [3.63, 3.8) is 0 Å². The van der Waals surface area contributed by atoms with E-state index in [9.17, 15) is 17.6 Å². The number of halogens is 5. The Labute approximate surface area is 102 Å². The van der Waals surface area contributed by atoms with Crippen molar-refractivity contribution in [1.29, 1.82) is 0 Å². The Balaban J connectivity index is 2.83. The van der Waals surface area contributed by atoms with Gasteiger partial charge in [0.15, 0.2) is 0 Å². The molecular formula is C11H12ClF4N. The molecule has 0 aliphatic carbocycles. The van der Waals surface area contributed by atoms with Gasteiger partial charge >= 0.3 is 6.18 Å². The molecule has 0 fully saturated rings. The minimum absolute atomic E-state index is 0.0515. The Bertz CT molecular complexity index is 378. The highest BCUT2D eigenvalue weighted by molar-refractivity contribution is 6.17. The second kappa shape index (κ2) is 5.58. The molecule has 0 aromatic heterocycles. The van der Waals surface area contributed by atoms with Crippen molar-refractivity contribution in [3.8, 4) is 0 Å². The lowest BCUT2D eigenvalue weighted by Gasteiger charge is -2.15. The Hall–Kier alpha value is -0.970. The summed E-state index contributed by atoms with van der Waals surface area (Å²) in [5, 5.41) is 2.76. The summed E-state index contributed by atoms with van der Waals surface area (Å²) < 4.78 is 50.2. The van der Waals surface area contributed by atoms with Gasteiger partial charge in [0.2, 0.25) is 0 Å². The zero-order valence-electron chi connectivity index (χ0n) is 9.11. The first-order valence-corrected chi connectivity index (χ1v) is 5.57. The molecule has 1 aromatic carbocycles. The lowest BCUT2D eigenvalue weighted by molar-refractivity contribution is -0.137. The van der Waals surface area contributed by atoms with Gasteiger partial charge < -0.3 is 5.32 Å². The summed E-state index contributed by atoms with van der Waals surface area (Å²) in [6.07, 6.45) is -3.93. The fourth-order valence-electron chi connectivity index (χ4n) is 1.31. The molecule has 0 aliphatic rings. The molecule has 0 saturated heterocycles. The van der Waals surface area contributed by atoms with Gasteiger partial charge in [-0.05, 0) is 31.5 Å². The Morgan fingerprint density at radius 3 is 2.47 bits per heavy atom. The van der Waals surface area contributed by atoms with E-state index in [2.05, 4.69) is 5.32 Å². The third kappa shape index (κ3) is 4.07. The second-order valence-corrected chi connectivity index (χ2v) is 4.09. The molecule has 1 atom stereocenters. The van der Waals surface area contributed by atoms with Crippen LogP contribution in [0, 0.1) is 5.82 Å². The van der Waals surface area contributed by atoms with Crippen LogP contribution in [0.5, 0.6) is 0 Å². The van der Waals surface area contributed by atoms with E-state index in [1.165, 1.54) is 0 Å². The standard InChI is InChI=1S/C11H12ClF4N/c1-7(4-5-12)17-10-3-2-8(6-9(10)13)11(14,15)16/h2-3,6-7,17H,4-5H2,1H3. The summed E-state index contributed by atoms with van der Waals surface area (Å²) >= 11 is 5.50. The molecule has 1 unspecified atom stereocenters. The molecule has 0 saturated carbocycles. The van der Waals surface area contributed by atoms with Crippen molar-refractivity contribution < 1.29 is 17.6 Å². The van der Waals surface area contributed by atoms with E-state index in [0.717, 1.165) is 12.1 Å². The highest BCUT2D eigenvalue weighted by Crippen LogP contribution is 2.31. The number of anilines is 1. The van der Waals surface area contributed by atoms with E-state index in [0.29, 0.717) is 18.4 Å². The summed E-state index contributed by atoms with van der Waals surface area (Å²) in [6.45, 7) is 1.78. The maximum atomic E-state index is 13.4. The predicted octanol–water partition coefficient (Wildman–Crippen LogP) is 4.27. The first kappa shape index (κ1) is 14.1. The van der Waals surface area contributed by atoms with Crippen molar-refractivity contribution >= 4 is 17.3 Å². The maximum Gasteiger partial charge on any atom is 0.416 e. The Kier molecular flexibility index (Phi) is 4.62. The molecule has 0 bridgehead atoms. The molecule has 0 amide bonds. The fraction of sp³-hybridized carbons (Fsp3) is 0.455. The topological polar surface area (TPSA) is 12.0 Å². The molecule has 0 radical (unpaired) electrons. The first-order valence-electron chi connectivity index (χ1n) is 5.04. The van der Waals surface area contributed by atoms with Crippen molar-refractivity contribution in [2.75, 3.05) is 11.2 Å². The van der Waals surface area contributed by atoms with Crippen LogP contribution in [-0.4, -0.2) is 11.9 Å². The number of hydrogen-bond acceptors (Lipinski definition) is 1. The largest absolute Gasteiger partial charge is 0.416 e. The van der Waals surface area contributed by atoms with Crippen molar-refractivity contribution in [3.05, 3.63) is 29.6 Å². The molecule has 1 nitrogen and oxygen atoms in total. The van der Waals surface area contributed by atoms with Crippen molar-refractivity contribution in [1.82, 2.24) is 0 Å². The third-order valence-electron chi connectivity index (χ3n) is 2.24. The molecular weight excluding hydrogens is 258 g/mol. The first-order chi connectivity index (χ1) is 7.84. The van der Waals surface area contributed by atoms with Gasteiger partial charge in [-0.15, -0.1) is 11.6 Å². The van der Waals surface area contributed by atoms with Crippen LogP contribution in [0.4, 0.5) is 23.2 Å². The average molecular weight is 270 g/mol. The van der Waals surface area contributed by atoms with Gasteiger partial charge in [0.1, 0.15) is 5.82 Å². The molecule has 0 spiro atoms. The van der Waals surface area contributed by atoms with Crippen LogP contribution in [0.1, 0.15) is 18.9 Å². The van der Waals surface area contributed by atoms with Crippen LogP contribution in [0.2, 0.25) is 0 Å². The van der Waals surface area contributed by atoms with Crippen LogP contribution < -0.4 is 5.32 Å². The van der Waals surface area contributed by atoms with Crippen LogP contribution in [0.3, 0.4) is 0 Å². The average Bonchev–Trinajstić information content (AvgIpc) is 2.20. The zero-order chi connectivity index (χ0) is 13.1. The highest BCUT2D eigenvalue weighted by Gasteiger charge is 2.31. The van der Waals surface area contributed by atoms with E-state index >= 15 is 0 Å². The van der Waals surface area contributed by atoms with E-state index in [-0.39, 0.29) is 11.7 Å². The molecule has 0 heterocycles. The van der Waals surface area contributed by atoms with Crippen LogP contribution in [0.15, 0.2) is 18.2 Å². The lowest BCUT2D eigenvalue weighted by atomic mass is 10.1. The lowest BCUT2D eigenvalue weighted by Crippen LogP contribution is -2.17. The van der Waals surface area contributed by atoms with Gasteiger partial charge in [-0.25, -0.2) is 4.39 Å². The highest BCUT2D eigenvalue weighted by atomic mass is 35.5. The summed E-state index contributed by atoms with van der Waals surface area (Å²) in [5.41, 5.74) is -0.943. The third-order valence-corrected chi connectivity index (χ3v) is 2.46. The fourth-order valence-corrected chi connectivity index (χ4v) is 1.64. The normalized spacial score (nSPS) is 13.5. The summed E-state index contributed by atoms with van der Waals surface area (Å²) in [7, 11) is 0. The molecule has 6 heteroatoms. The number of benzene rings is 1. The maximum absolute atomic E-state index is 13.4. The molecule has 17 heavy (non-hydrogen) atoms. The SMILES string of the molecule is CC(CCCl)Nc1ccc(C(F)(F)F)cc1F. The van der Waals surface area contributed by atoms with E-state index in [1.807, 2.05) is 0 Å². The number of rotatable bonds is 4. The number of nitrogens with one attached hydrogen (secondary N) is 1. The number of alkyl halides is 4. The molecule has 1 rings (SSSR count). The smallest absolute Gasteiger partial charge is 0.380 e. The second-order valence-electron chi connectivity index (χ2n) is 3.72. The zero-order valence-corrected chi connectivity index (χ0v) is 9.87. The van der Waals surface area contributed by atoms with Gasteiger partial charge in [0.05, 0.1) is 11.3 Å². The van der Waals surface area contributed by atoms with Gasteiger partial charge in [-0.3, -0.25) is 0 Å². The van der Waals surface area contributed by atoms with Gasteiger partial charge in [-0.2, -0.15) is 13.2 Å². The predicted molar refractivity (Wildman–Crippen MR) is 59.8 cm³/mol. The van der Waals surface area contributed by atoms with E-state index in [4.69, 9.17) is 11.6 Å². The monoisotopic (exact) mass is 269 g/mol. The molecule has 96 valence electrons. The quantitative estimate of drug-likeness (QED) is 0.636. The minimum Gasteiger partial charge on any atom is -0.380 e.